The van der Waals surface area contributed by atoms with Gasteiger partial charge < -0.3 is 10.1 Å². The molecule has 1 N–H and O–H groups in total. The summed E-state index contributed by atoms with van der Waals surface area (Å²) in [6.45, 7) is 4.84. The number of aryl methyl sites for hydroxylation is 1. The molecule has 1 aromatic heterocycles. The lowest BCUT2D eigenvalue weighted by Crippen LogP contribution is -2.33. The van der Waals surface area contributed by atoms with Crippen LogP contribution in [0.15, 0.2) is 12.3 Å². The van der Waals surface area contributed by atoms with Crippen LogP contribution in [-0.4, -0.2) is 29.7 Å². The van der Waals surface area contributed by atoms with Crippen molar-refractivity contribution < 1.29 is 4.74 Å². The topological polar surface area (TPSA) is 47.0 Å². The number of aromatic nitrogens is 2. The van der Waals surface area contributed by atoms with Crippen LogP contribution in [0.1, 0.15) is 18.5 Å². The van der Waals surface area contributed by atoms with Crippen LogP contribution in [0.5, 0.6) is 6.01 Å². The number of ether oxygens (including phenoxy) is 1. The first-order valence-electron chi connectivity index (χ1n) is 5.48. The van der Waals surface area contributed by atoms with Gasteiger partial charge in [-0.1, -0.05) is 0 Å². The minimum Gasteiger partial charge on any atom is -0.463 e. The van der Waals surface area contributed by atoms with E-state index < -0.39 is 0 Å². The fourth-order valence-electron chi connectivity index (χ4n) is 1.75. The number of rotatable bonds is 3. The summed E-state index contributed by atoms with van der Waals surface area (Å²) in [5.41, 5.74) is 0.946. The van der Waals surface area contributed by atoms with Crippen molar-refractivity contribution >= 4 is 0 Å². The van der Waals surface area contributed by atoms with Gasteiger partial charge in [-0.3, -0.25) is 0 Å². The van der Waals surface area contributed by atoms with Crippen LogP contribution in [0.2, 0.25) is 0 Å². The number of nitrogens with one attached hydrogen (secondary N) is 1. The Balaban J connectivity index is 1.81. The number of piperidine rings is 1. The predicted molar refractivity (Wildman–Crippen MR) is 57.9 cm³/mol. The lowest BCUT2D eigenvalue weighted by molar-refractivity contribution is 0.205. The molecule has 0 amide bonds. The van der Waals surface area contributed by atoms with E-state index in [1.54, 1.807) is 6.20 Å². The zero-order valence-corrected chi connectivity index (χ0v) is 9.07. The van der Waals surface area contributed by atoms with Crippen molar-refractivity contribution in [3.05, 3.63) is 18.0 Å². The Labute approximate surface area is 90.1 Å². The number of hydrogen-bond donors (Lipinski definition) is 1. The minimum absolute atomic E-state index is 0.501. The zero-order chi connectivity index (χ0) is 10.5. The van der Waals surface area contributed by atoms with E-state index in [1.807, 2.05) is 13.0 Å². The normalized spacial score (nSPS) is 21.3. The number of hydrogen-bond acceptors (Lipinski definition) is 4. The van der Waals surface area contributed by atoms with Gasteiger partial charge in [-0.25, -0.2) is 9.97 Å². The van der Waals surface area contributed by atoms with E-state index in [0.717, 1.165) is 25.4 Å². The standard InChI is InChI=1S/C11H17N3O/c1-9-4-6-13-11(14-9)15-8-10-3-2-5-12-7-10/h4,6,10,12H,2-3,5,7-8H2,1H3. The highest BCUT2D eigenvalue weighted by Gasteiger charge is 2.13. The fraction of sp³-hybridized carbons (Fsp3) is 0.636. The predicted octanol–water partition coefficient (Wildman–Crippen LogP) is 1.16. The molecule has 0 spiro atoms. The summed E-state index contributed by atoms with van der Waals surface area (Å²) in [6, 6.07) is 2.37. The van der Waals surface area contributed by atoms with Crippen molar-refractivity contribution in [2.24, 2.45) is 5.92 Å². The van der Waals surface area contributed by atoms with Crippen LogP contribution in [0.25, 0.3) is 0 Å². The van der Waals surface area contributed by atoms with Crippen molar-refractivity contribution in [2.75, 3.05) is 19.7 Å². The maximum atomic E-state index is 5.56. The van der Waals surface area contributed by atoms with Gasteiger partial charge in [0.25, 0.3) is 0 Å². The highest BCUT2D eigenvalue weighted by molar-refractivity contribution is 5.02. The smallest absolute Gasteiger partial charge is 0.316 e. The molecule has 15 heavy (non-hydrogen) atoms. The molecule has 0 aliphatic carbocycles. The van der Waals surface area contributed by atoms with Crippen LogP contribution in [0.4, 0.5) is 0 Å². The highest BCUT2D eigenvalue weighted by Crippen LogP contribution is 2.11. The van der Waals surface area contributed by atoms with Crippen LogP contribution < -0.4 is 10.1 Å². The molecule has 1 aliphatic rings. The lowest BCUT2D eigenvalue weighted by atomic mass is 10.0. The molecular formula is C11H17N3O. The van der Waals surface area contributed by atoms with Crippen molar-refractivity contribution in [1.82, 2.24) is 15.3 Å². The largest absolute Gasteiger partial charge is 0.463 e. The van der Waals surface area contributed by atoms with Gasteiger partial charge in [-0.15, -0.1) is 0 Å². The molecular weight excluding hydrogens is 190 g/mol. The lowest BCUT2D eigenvalue weighted by Gasteiger charge is -2.22. The van der Waals surface area contributed by atoms with E-state index >= 15 is 0 Å². The Hall–Kier alpha value is -1.16. The highest BCUT2D eigenvalue weighted by atomic mass is 16.5. The molecule has 1 fully saturated rings. The van der Waals surface area contributed by atoms with Crippen LogP contribution in [-0.2, 0) is 0 Å². The van der Waals surface area contributed by atoms with E-state index in [2.05, 4.69) is 15.3 Å². The Morgan fingerprint density at radius 3 is 3.27 bits per heavy atom. The summed E-state index contributed by atoms with van der Waals surface area (Å²) in [5, 5.41) is 3.36. The molecule has 4 heteroatoms. The third kappa shape index (κ3) is 3.16. The molecule has 1 aliphatic heterocycles. The van der Waals surface area contributed by atoms with Gasteiger partial charge >= 0.3 is 6.01 Å². The van der Waals surface area contributed by atoms with Crippen LogP contribution >= 0.6 is 0 Å². The van der Waals surface area contributed by atoms with E-state index in [-0.39, 0.29) is 0 Å². The minimum atomic E-state index is 0.501. The quantitative estimate of drug-likeness (QED) is 0.808. The molecule has 82 valence electrons. The van der Waals surface area contributed by atoms with Crippen molar-refractivity contribution in [3.63, 3.8) is 0 Å². The molecule has 2 heterocycles. The van der Waals surface area contributed by atoms with Crippen LogP contribution in [0, 0.1) is 12.8 Å². The van der Waals surface area contributed by atoms with E-state index in [4.69, 9.17) is 4.74 Å². The molecule has 4 nitrogen and oxygen atoms in total. The molecule has 1 unspecified atom stereocenters. The number of nitrogens with zero attached hydrogens (tertiary/aromatic N) is 2. The summed E-state index contributed by atoms with van der Waals surface area (Å²) >= 11 is 0. The maximum absolute atomic E-state index is 5.56. The SMILES string of the molecule is Cc1ccnc(OCC2CCCNC2)n1. The third-order valence-corrected chi connectivity index (χ3v) is 2.62. The van der Waals surface area contributed by atoms with Crippen LogP contribution in [0.3, 0.4) is 0 Å². The summed E-state index contributed by atoms with van der Waals surface area (Å²) < 4.78 is 5.56. The van der Waals surface area contributed by atoms with Gasteiger partial charge in [-0.2, -0.15) is 0 Å². The Kier molecular flexibility index (Phi) is 3.50. The second kappa shape index (κ2) is 5.07. The first kappa shape index (κ1) is 10.4. The van der Waals surface area contributed by atoms with Gasteiger partial charge in [0, 0.05) is 24.4 Å². The summed E-state index contributed by atoms with van der Waals surface area (Å²) in [7, 11) is 0. The molecule has 0 saturated carbocycles. The maximum Gasteiger partial charge on any atom is 0.316 e. The summed E-state index contributed by atoms with van der Waals surface area (Å²) in [4.78, 5) is 8.27. The molecule has 1 aromatic rings. The van der Waals surface area contributed by atoms with Gasteiger partial charge in [0.1, 0.15) is 0 Å². The average Bonchev–Trinajstić information content (AvgIpc) is 2.28. The monoisotopic (exact) mass is 207 g/mol. The van der Waals surface area contributed by atoms with Crippen molar-refractivity contribution in [1.29, 1.82) is 0 Å². The van der Waals surface area contributed by atoms with Gasteiger partial charge in [-0.05, 0) is 32.4 Å². The summed E-state index contributed by atoms with van der Waals surface area (Å²) in [5.74, 6) is 0.600. The fourth-order valence-corrected chi connectivity index (χ4v) is 1.75. The Morgan fingerprint density at radius 1 is 1.60 bits per heavy atom. The molecule has 1 atom stereocenters. The van der Waals surface area contributed by atoms with Crippen molar-refractivity contribution in [2.45, 2.75) is 19.8 Å². The van der Waals surface area contributed by atoms with E-state index in [0.29, 0.717) is 11.9 Å². The first-order chi connectivity index (χ1) is 7.34. The molecule has 0 radical (unpaired) electrons. The Morgan fingerprint density at radius 2 is 2.53 bits per heavy atom. The van der Waals surface area contributed by atoms with Gasteiger partial charge in [0.05, 0.1) is 6.61 Å². The van der Waals surface area contributed by atoms with Crippen molar-refractivity contribution in [3.8, 4) is 6.01 Å². The summed E-state index contributed by atoms with van der Waals surface area (Å²) in [6.07, 6.45) is 4.21. The average molecular weight is 207 g/mol. The second-order valence-electron chi connectivity index (χ2n) is 4.00. The molecule has 2 rings (SSSR count). The molecule has 0 bridgehead atoms. The van der Waals surface area contributed by atoms with Gasteiger partial charge in [0.15, 0.2) is 0 Å². The first-order valence-corrected chi connectivity index (χ1v) is 5.48. The molecule has 1 saturated heterocycles. The zero-order valence-electron chi connectivity index (χ0n) is 9.07. The van der Waals surface area contributed by atoms with E-state index in [1.165, 1.54) is 12.8 Å². The van der Waals surface area contributed by atoms with E-state index in [9.17, 15) is 0 Å². The second-order valence-corrected chi connectivity index (χ2v) is 4.00. The molecule has 0 aromatic carbocycles. The third-order valence-electron chi connectivity index (χ3n) is 2.62. The Bertz CT molecular complexity index is 310. The van der Waals surface area contributed by atoms with Gasteiger partial charge in [0.2, 0.25) is 0 Å².